The van der Waals surface area contributed by atoms with Crippen LogP contribution in [0.5, 0.6) is 11.5 Å². The molecule has 9 heteroatoms. The van der Waals surface area contributed by atoms with Crippen molar-refractivity contribution >= 4 is 28.1 Å². The zero-order valence-electron chi connectivity index (χ0n) is 14.7. The van der Waals surface area contributed by atoms with Crippen molar-refractivity contribution in [3.05, 3.63) is 38.2 Å². The third-order valence-electron chi connectivity index (χ3n) is 3.25. The van der Waals surface area contributed by atoms with E-state index < -0.39 is 0 Å². The van der Waals surface area contributed by atoms with Gasteiger partial charge in [-0.25, -0.2) is 5.43 Å². The number of hydrogen-bond acceptors (Lipinski definition) is 7. The lowest BCUT2D eigenvalue weighted by Crippen LogP contribution is -2.28. The number of rotatable bonds is 5. The van der Waals surface area contributed by atoms with Crippen LogP contribution in [-0.2, 0) is 5.41 Å². The first-order valence-electron chi connectivity index (χ1n) is 7.44. The van der Waals surface area contributed by atoms with Crippen LogP contribution in [-0.4, -0.2) is 35.6 Å². The van der Waals surface area contributed by atoms with Crippen molar-refractivity contribution < 1.29 is 9.47 Å². The van der Waals surface area contributed by atoms with Gasteiger partial charge in [-0.1, -0.05) is 36.7 Å². The highest BCUT2D eigenvalue weighted by molar-refractivity contribution is 9.10. The van der Waals surface area contributed by atoms with Crippen molar-refractivity contribution in [3.63, 3.8) is 0 Å². The number of H-pyrrole nitrogens is 1. The van der Waals surface area contributed by atoms with Gasteiger partial charge in [-0.3, -0.25) is 9.78 Å². The number of hydrogen-bond donors (Lipinski definition) is 2. The zero-order chi connectivity index (χ0) is 18.6. The van der Waals surface area contributed by atoms with Gasteiger partial charge >= 0.3 is 0 Å². The quantitative estimate of drug-likeness (QED) is 0.581. The number of halogens is 1. The maximum atomic E-state index is 12.1. The maximum absolute atomic E-state index is 12.1. The molecular formula is C16H20BrN5O3. The van der Waals surface area contributed by atoms with E-state index in [1.807, 2.05) is 26.8 Å². The van der Waals surface area contributed by atoms with E-state index in [-0.39, 0.29) is 16.9 Å². The second kappa shape index (κ2) is 7.64. The molecule has 1 aromatic carbocycles. The van der Waals surface area contributed by atoms with Crippen LogP contribution >= 0.6 is 15.9 Å². The molecule has 0 aliphatic heterocycles. The van der Waals surface area contributed by atoms with E-state index in [4.69, 9.17) is 9.47 Å². The molecule has 0 fully saturated rings. The van der Waals surface area contributed by atoms with E-state index in [9.17, 15) is 4.79 Å². The fourth-order valence-corrected chi connectivity index (χ4v) is 2.55. The average molecular weight is 410 g/mol. The fourth-order valence-electron chi connectivity index (χ4n) is 2.10. The first kappa shape index (κ1) is 18.9. The number of aromatic amines is 1. The maximum Gasteiger partial charge on any atom is 0.274 e. The summed E-state index contributed by atoms with van der Waals surface area (Å²) in [4.78, 5) is 14.7. The minimum absolute atomic E-state index is 0.148. The minimum atomic E-state index is -0.386. The molecule has 25 heavy (non-hydrogen) atoms. The number of benzene rings is 1. The molecule has 2 rings (SSSR count). The van der Waals surface area contributed by atoms with Crippen molar-refractivity contribution in [1.29, 1.82) is 0 Å². The zero-order valence-corrected chi connectivity index (χ0v) is 16.3. The smallest absolute Gasteiger partial charge is 0.274 e. The van der Waals surface area contributed by atoms with Crippen molar-refractivity contribution in [2.24, 2.45) is 5.10 Å². The summed E-state index contributed by atoms with van der Waals surface area (Å²) >= 11 is 3.40. The van der Waals surface area contributed by atoms with Crippen LogP contribution in [0.15, 0.2) is 26.5 Å². The molecule has 134 valence electrons. The predicted octanol–water partition coefficient (Wildman–Crippen LogP) is 2.69. The van der Waals surface area contributed by atoms with Gasteiger partial charge in [0, 0.05) is 15.5 Å². The molecule has 1 aromatic heterocycles. The number of methoxy groups -OCH3 is 2. The van der Waals surface area contributed by atoms with E-state index in [0.717, 1.165) is 4.47 Å². The van der Waals surface area contributed by atoms with Crippen molar-refractivity contribution in [2.45, 2.75) is 26.2 Å². The Bertz CT molecular complexity index is 843. The lowest BCUT2D eigenvalue weighted by molar-refractivity contribution is 0.354. The van der Waals surface area contributed by atoms with Gasteiger partial charge in [-0.2, -0.15) is 5.10 Å². The van der Waals surface area contributed by atoms with E-state index in [1.165, 1.54) is 6.21 Å². The van der Waals surface area contributed by atoms with Crippen LogP contribution in [0.3, 0.4) is 0 Å². The fraction of sp³-hybridized carbons (Fsp3) is 0.375. The molecule has 0 spiro atoms. The molecule has 8 nitrogen and oxygen atoms in total. The van der Waals surface area contributed by atoms with Crippen molar-refractivity contribution in [3.8, 4) is 11.5 Å². The molecule has 0 atom stereocenters. The molecule has 0 aliphatic carbocycles. The SMILES string of the molecule is COc1cc(Br)cc(/C=N/Nc2nnc(C(C)(C)C)c(=O)[nH]2)c1OC. The summed E-state index contributed by atoms with van der Waals surface area (Å²) in [5.41, 5.74) is 3.00. The summed E-state index contributed by atoms with van der Waals surface area (Å²) < 4.78 is 11.4. The number of ether oxygens (including phenoxy) is 2. The number of hydrazone groups is 1. The van der Waals surface area contributed by atoms with E-state index in [0.29, 0.717) is 22.8 Å². The number of aromatic nitrogens is 3. The van der Waals surface area contributed by atoms with Gasteiger partial charge in [0.25, 0.3) is 5.56 Å². The van der Waals surface area contributed by atoms with E-state index in [2.05, 4.69) is 41.6 Å². The van der Waals surface area contributed by atoms with Gasteiger partial charge in [0.05, 0.1) is 20.4 Å². The second-order valence-corrected chi connectivity index (χ2v) is 7.12. The Labute approximate surface area is 153 Å². The standard InChI is InChI=1S/C16H20BrN5O3/c1-16(2,3)13-14(23)19-15(22-20-13)21-18-8-9-6-10(17)7-11(24-4)12(9)25-5/h6-8H,1-5H3,(H2,19,21,22,23)/b18-8+. The number of nitrogens with one attached hydrogen (secondary N) is 2. The first-order chi connectivity index (χ1) is 11.8. The Kier molecular flexibility index (Phi) is 5.78. The van der Waals surface area contributed by atoms with Crippen LogP contribution in [0.4, 0.5) is 5.95 Å². The van der Waals surface area contributed by atoms with Crippen LogP contribution in [0.25, 0.3) is 0 Å². The lowest BCUT2D eigenvalue weighted by atomic mass is 9.93. The molecule has 1 heterocycles. The highest BCUT2D eigenvalue weighted by Gasteiger charge is 2.20. The summed E-state index contributed by atoms with van der Waals surface area (Å²) in [6.07, 6.45) is 1.53. The molecule has 0 bridgehead atoms. The number of anilines is 1. The molecule has 0 radical (unpaired) electrons. The van der Waals surface area contributed by atoms with Gasteiger partial charge < -0.3 is 9.47 Å². The molecule has 0 unspecified atom stereocenters. The van der Waals surface area contributed by atoms with Crippen LogP contribution < -0.4 is 20.5 Å². The van der Waals surface area contributed by atoms with Gasteiger partial charge in [-0.15, -0.1) is 10.2 Å². The Hall–Kier alpha value is -2.42. The Morgan fingerprint density at radius 1 is 1.24 bits per heavy atom. The van der Waals surface area contributed by atoms with Crippen LogP contribution in [0.2, 0.25) is 0 Å². The normalized spacial score (nSPS) is 11.6. The average Bonchev–Trinajstić information content (AvgIpc) is 2.53. The molecule has 0 aliphatic rings. The largest absolute Gasteiger partial charge is 0.493 e. The van der Waals surface area contributed by atoms with Crippen LogP contribution in [0.1, 0.15) is 32.0 Å². The van der Waals surface area contributed by atoms with E-state index >= 15 is 0 Å². The molecule has 2 N–H and O–H groups in total. The summed E-state index contributed by atoms with van der Waals surface area (Å²) in [7, 11) is 3.10. The van der Waals surface area contributed by atoms with Gasteiger partial charge in [0.1, 0.15) is 5.69 Å². The molecule has 2 aromatic rings. The van der Waals surface area contributed by atoms with Crippen molar-refractivity contribution in [2.75, 3.05) is 19.6 Å². The molecule has 0 amide bonds. The highest BCUT2D eigenvalue weighted by atomic mass is 79.9. The second-order valence-electron chi connectivity index (χ2n) is 6.20. The Morgan fingerprint density at radius 3 is 2.52 bits per heavy atom. The number of nitrogens with zero attached hydrogens (tertiary/aromatic N) is 3. The minimum Gasteiger partial charge on any atom is -0.493 e. The molecular weight excluding hydrogens is 390 g/mol. The van der Waals surface area contributed by atoms with Gasteiger partial charge in [-0.05, 0) is 12.1 Å². The van der Waals surface area contributed by atoms with Crippen LogP contribution in [0, 0.1) is 0 Å². The summed E-state index contributed by atoms with van der Waals surface area (Å²) in [6.45, 7) is 5.68. The molecule has 0 saturated heterocycles. The third kappa shape index (κ3) is 4.56. The topological polar surface area (TPSA) is 101 Å². The van der Waals surface area contributed by atoms with Gasteiger partial charge in [0.2, 0.25) is 5.95 Å². The van der Waals surface area contributed by atoms with Crippen molar-refractivity contribution in [1.82, 2.24) is 15.2 Å². The predicted molar refractivity (Wildman–Crippen MR) is 99.8 cm³/mol. The first-order valence-corrected chi connectivity index (χ1v) is 8.23. The summed E-state index contributed by atoms with van der Waals surface area (Å²) in [5.74, 6) is 1.26. The Morgan fingerprint density at radius 2 is 1.96 bits per heavy atom. The Balaban J connectivity index is 2.23. The summed E-state index contributed by atoms with van der Waals surface area (Å²) in [6, 6.07) is 3.61. The third-order valence-corrected chi connectivity index (χ3v) is 3.71. The monoisotopic (exact) mass is 409 g/mol. The lowest BCUT2D eigenvalue weighted by Gasteiger charge is -2.15. The summed E-state index contributed by atoms with van der Waals surface area (Å²) in [5, 5.41) is 12.0. The van der Waals surface area contributed by atoms with E-state index in [1.54, 1.807) is 20.3 Å². The van der Waals surface area contributed by atoms with Gasteiger partial charge in [0.15, 0.2) is 11.5 Å². The highest BCUT2D eigenvalue weighted by Crippen LogP contribution is 2.33. The molecule has 0 saturated carbocycles.